The van der Waals surface area contributed by atoms with Crippen LogP contribution in [-0.2, 0) is 11.3 Å². The first-order chi connectivity index (χ1) is 7.70. The van der Waals surface area contributed by atoms with E-state index in [-0.39, 0.29) is 0 Å². The number of carbonyl (C=O) groups is 1. The Balaban J connectivity index is 0.000000281. The molecule has 1 rings (SSSR count). The molecule has 3 N–H and O–H groups in total. The maximum absolute atomic E-state index is 9.75. The monoisotopic (exact) mass is 219 g/mol. The zero-order valence-corrected chi connectivity index (χ0v) is 9.34. The van der Waals surface area contributed by atoms with E-state index in [1.165, 1.54) is 11.6 Å². The van der Waals surface area contributed by atoms with Crippen molar-refractivity contribution in [2.75, 3.05) is 0 Å². The van der Waals surface area contributed by atoms with E-state index in [9.17, 15) is 4.79 Å². The van der Waals surface area contributed by atoms with Crippen molar-refractivity contribution in [3.8, 4) is 0 Å². The summed E-state index contributed by atoms with van der Waals surface area (Å²) in [5, 5.41) is 8.02. The highest BCUT2D eigenvalue weighted by Gasteiger charge is 1.80. The highest BCUT2D eigenvalue weighted by Crippen LogP contribution is 1.94. The largest absolute Gasteiger partial charge is 0.478 e. The van der Waals surface area contributed by atoms with Gasteiger partial charge in [0.2, 0.25) is 0 Å². The van der Waals surface area contributed by atoms with Gasteiger partial charge in [0.15, 0.2) is 0 Å². The van der Waals surface area contributed by atoms with Crippen molar-refractivity contribution in [1.29, 1.82) is 0 Å². The zero-order valence-electron chi connectivity index (χ0n) is 9.34. The van der Waals surface area contributed by atoms with E-state index in [1.54, 1.807) is 12.2 Å². The molecule has 0 radical (unpaired) electrons. The lowest BCUT2D eigenvalue weighted by atomic mass is 10.2. The summed E-state index contributed by atoms with van der Waals surface area (Å²) in [6.45, 7) is 2.47. The summed E-state index contributed by atoms with van der Waals surface area (Å²) in [5.74, 6) is -0.914. The third kappa shape index (κ3) is 8.72. The summed E-state index contributed by atoms with van der Waals surface area (Å²) in [7, 11) is 0. The number of rotatable bonds is 3. The van der Waals surface area contributed by atoms with E-state index in [4.69, 9.17) is 10.8 Å². The number of aliphatic carboxylic acids is 1. The first-order valence-corrected chi connectivity index (χ1v) is 4.97. The minimum absolute atomic E-state index is 0.640. The second kappa shape index (κ2) is 9.68. The van der Waals surface area contributed by atoms with E-state index < -0.39 is 5.97 Å². The second-order valence-electron chi connectivity index (χ2n) is 2.91. The lowest BCUT2D eigenvalue weighted by Crippen LogP contribution is -1.94. The maximum Gasteiger partial charge on any atom is 0.328 e. The van der Waals surface area contributed by atoms with Crippen molar-refractivity contribution in [1.82, 2.24) is 0 Å². The number of hydrogen-bond donors (Lipinski definition) is 2. The summed E-state index contributed by atoms with van der Waals surface area (Å²) >= 11 is 0. The fourth-order valence-corrected chi connectivity index (χ4v) is 0.863. The van der Waals surface area contributed by atoms with Gasteiger partial charge < -0.3 is 10.8 Å². The van der Waals surface area contributed by atoms with E-state index in [1.807, 2.05) is 37.3 Å². The average Bonchev–Trinajstić information content (AvgIpc) is 2.31. The number of benzene rings is 1. The van der Waals surface area contributed by atoms with Crippen molar-refractivity contribution in [3.63, 3.8) is 0 Å². The van der Waals surface area contributed by atoms with Gasteiger partial charge in [-0.05, 0) is 12.5 Å². The van der Waals surface area contributed by atoms with E-state index in [2.05, 4.69) is 0 Å². The molecule has 16 heavy (non-hydrogen) atoms. The van der Waals surface area contributed by atoms with Crippen LogP contribution in [0.15, 0.2) is 54.6 Å². The molecule has 0 amide bonds. The quantitative estimate of drug-likeness (QED) is 0.606. The molecule has 0 fully saturated rings. The normalized spacial score (nSPS) is 10.1. The molecule has 0 aliphatic rings. The van der Waals surface area contributed by atoms with Crippen LogP contribution in [0.2, 0.25) is 0 Å². The van der Waals surface area contributed by atoms with Crippen molar-refractivity contribution >= 4 is 5.97 Å². The highest BCUT2D eigenvalue weighted by atomic mass is 16.4. The van der Waals surface area contributed by atoms with Gasteiger partial charge in [-0.25, -0.2) is 4.79 Å². The molecule has 0 aliphatic heterocycles. The van der Waals surface area contributed by atoms with Crippen LogP contribution in [0, 0.1) is 0 Å². The van der Waals surface area contributed by atoms with Crippen LogP contribution >= 0.6 is 0 Å². The molecular weight excluding hydrogens is 202 g/mol. The number of carboxylic acids is 1. The van der Waals surface area contributed by atoms with Crippen LogP contribution < -0.4 is 5.73 Å². The fraction of sp³-hybridized carbons (Fsp3) is 0.154. The van der Waals surface area contributed by atoms with Gasteiger partial charge in [-0.2, -0.15) is 0 Å². The fourth-order valence-electron chi connectivity index (χ4n) is 0.863. The predicted molar refractivity (Wildman–Crippen MR) is 65.9 cm³/mol. The summed E-state index contributed by atoms with van der Waals surface area (Å²) in [4.78, 5) is 9.75. The van der Waals surface area contributed by atoms with Crippen LogP contribution in [0.4, 0.5) is 0 Å². The maximum atomic E-state index is 9.75. The van der Waals surface area contributed by atoms with Crippen LogP contribution in [-0.4, -0.2) is 11.1 Å². The lowest BCUT2D eigenvalue weighted by Gasteiger charge is -1.90. The van der Waals surface area contributed by atoms with Crippen LogP contribution in [0.5, 0.6) is 0 Å². The van der Waals surface area contributed by atoms with Crippen molar-refractivity contribution in [2.45, 2.75) is 13.5 Å². The minimum Gasteiger partial charge on any atom is -0.478 e. The molecule has 86 valence electrons. The molecule has 1 aromatic carbocycles. The second-order valence-corrected chi connectivity index (χ2v) is 2.91. The molecular formula is C13H17NO2. The number of hydrogen-bond acceptors (Lipinski definition) is 2. The molecule has 0 aliphatic carbocycles. The zero-order chi connectivity index (χ0) is 12.2. The van der Waals surface area contributed by atoms with Gasteiger partial charge in [0.25, 0.3) is 0 Å². The topological polar surface area (TPSA) is 63.3 Å². The standard InChI is InChI=1S/C7H9N.C6H8O2/c8-6-7-4-2-1-3-5-7;1-2-3-4-5-6(7)8/h1-5H,6,8H2;2-5H,1H3,(H,7,8)/b;3-2+,5-4+. The van der Waals surface area contributed by atoms with Crippen molar-refractivity contribution < 1.29 is 9.90 Å². The van der Waals surface area contributed by atoms with Gasteiger partial charge in [-0.1, -0.05) is 48.6 Å². The Kier molecular flexibility index (Phi) is 8.55. The molecule has 1 aromatic rings. The average molecular weight is 219 g/mol. The lowest BCUT2D eigenvalue weighted by molar-refractivity contribution is -0.131. The molecule has 0 saturated heterocycles. The highest BCUT2D eigenvalue weighted by molar-refractivity contribution is 5.80. The Bertz CT molecular complexity index is 342. The SMILES string of the molecule is C/C=C/C=C/C(=O)O.NCc1ccccc1. The molecule has 3 heteroatoms. The van der Waals surface area contributed by atoms with E-state index in [0.29, 0.717) is 6.54 Å². The molecule has 0 atom stereocenters. The smallest absolute Gasteiger partial charge is 0.328 e. The Labute approximate surface area is 95.9 Å². The number of nitrogens with two attached hydrogens (primary N) is 1. The van der Waals surface area contributed by atoms with Gasteiger partial charge in [-0.3, -0.25) is 0 Å². The Morgan fingerprint density at radius 2 is 1.94 bits per heavy atom. The molecule has 3 nitrogen and oxygen atoms in total. The molecule has 0 spiro atoms. The van der Waals surface area contributed by atoms with Crippen LogP contribution in [0.1, 0.15) is 12.5 Å². The minimum atomic E-state index is -0.914. The molecule has 0 unspecified atom stereocenters. The summed E-state index contributed by atoms with van der Waals surface area (Å²) in [6, 6.07) is 9.99. The van der Waals surface area contributed by atoms with Crippen molar-refractivity contribution in [3.05, 3.63) is 60.2 Å². The molecule has 0 heterocycles. The first kappa shape index (κ1) is 14.1. The van der Waals surface area contributed by atoms with Gasteiger partial charge in [0.05, 0.1) is 0 Å². The molecule has 0 bridgehead atoms. The van der Waals surface area contributed by atoms with Gasteiger partial charge in [0, 0.05) is 12.6 Å². The number of carboxylic acid groups (broad SMARTS) is 1. The van der Waals surface area contributed by atoms with Crippen LogP contribution in [0.25, 0.3) is 0 Å². The third-order valence-electron chi connectivity index (χ3n) is 1.62. The third-order valence-corrected chi connectivity index (χ3v) is 1.62. The molecule has 0 aromatic heterocycles. The summed E-state index contributed by atoms with van der Waals surface area (Å²) < 4.78 is 0. The van der Waals surface area contributed by atoms with Gasteiger partial charge >= 0.3 is 5.97 Å². The Hall–Kier alpha value is -1.87. The van der Waals surface area contributed by atoms with Gasteiger partial charge in [0.1, 0.15) is 0 Å². The Morgan fingerprint density at radius 3 is 2.31 bits per heavy atom. The van der Waals surface area contributed by atoms with E-state index >= 15 is 0 Å². The first-order valence-electron chi connectivity index (χ1n) is 4.97. The Morgan fingerprint density at radius 1 is 1.31 bits per heavy atom. The van der Waals surface area contributed by atoms with Crippen LogP contribution in [0.3, 0.4) is 0 Å². The van der Waals surface area contributed by atoms with E-state index in [0.717, 1.165) is 6.08 Å². The van der Waals surface area contributed by atoms with Crippen molar-refractivity contribution in [2.24, 2.45) is 5.73 Å². The number of allylic oxidation sites excluding steroid dienone is 3. The van der Waals surface area contributed by atoms with Gasteiger partial charge in [-0.15, -0.1) is 0 Å². The summed E-state index contributed by atoms with van der Waals surface area (Å²) in [5.41, 5.74) is 6.54. The predicted octanol–water partition coefficient (Wildman–Crippen LogP) is 2.35. The molecule has 0 saturated carbocycles. The summed E-state index contributed by atoms with van der Waals surface area (Å²) in [6.07, 6.45) is 5.98.